The maximum atomic E-state index is 14.2. The fraction of sp³-hybridized carbons (Fsp3) is 0.389. The third kappa shape index (κ3) is 7.71. The number of carbonyl (C=O) groups is 4. The van der Waals surface area contributed by atoms with Crippen molar-refractivity contribution in [1.82, 2.24) is 10.2 Å². The first kappa shape index (κ1) is 33.2. The third-order valence-electron chi connectivity index (χ3n) is 8.59. The summed E-state index contributed by atoms with van der Waals surface area (Å²) in [5.74, 6) is -0.385. The van der Waals surface area contributed by atoms with E-state index in [4.69, 9.17) is 9.47 Å². The molecule has 0 aromatic heterocycles. The summed E-state index contributed by atoms with van der Waals surface area (Å²) in [4.78, 5) is 53.8. The smallest absolute Gasteiger partial charge is 0.407 e. The van der Waals surface area contributed by atoms with Crippen molar-refractivity contribution < 1.29 is 28.7 Å². The molecule has 0 fully saturated rings. The molecule has 3 aromatic rings. The zero-order valence-corrected chi connectivity index (χ0v) is 27.2. The second kappa shape index (κ2) is 14.0. The van der Waals surface area contributed by atoms with E-state index in [1.165, 1.54) is 6.92 Å². The van der Waals surface area contributed by atoms with Gasteiger partial charge >= 0.3 is 12.1 Å². The van der Waals surface area contributed by atoms with E-state index in [1.54, 1.807) is 11.0 Å². The minimum Gasteiger partial charge on any atom is -0.445 e. The molecule has 0 spiro atoms. The highest BCUT2D eigenvalue weighted by atomic mass is 16.5. The lowest BCUT2D eigenvalue weighted by Crippen LogP contribution is -2.49. The summed E-state index contributed by atoms with van der Waals surface area (Å²) in [6, 6.07) is 16.1. The number of carbonyl (C=O) groups excluding carboxylic acids is 4. The molecule has 0 radical (unpaired) electrons. The molecule has 0 saturated carbocycles. The number of benzene rings is 3. The lowest BCUT2D eigenvalue weighted by molar-refractivity contribution is -0.147. The number of esters is 1. The SMILES string of the molecule is CCC(C)(C)C(=O)N1CCc2ccc(CNC(=O)OCc3ccccc3)cc2C1C(=O)Nc1cc(C)c(OC(C)=O)c(C)c1C. The van der Waals surface area contributed by atoms with Crippen LogP contribution in [0.4, 0.5) is 10.5 Å². The Balaban J connectivity index is 1.62. The lowest BCUT2D eigenvalue weighted by atomic mass is 9.84. The normalized spacial score (nSPS) is 14.3. The van der Waals surface area contributed by atoms with Gasteiger partial charge in [-0.25, -0.2) is 4.79 Å². The summed E-state index contributed by atoms with van der Waals surface area (Å²) in [6.45, 7) is 13.4. The van der Waals surface area contributed by atoms with E-state index >= 15 is 0 Å². The van der Waals surface area contributed by atoms with Crippen LogP contribution in [-0.2, 0) is 38.7 Å². The molecule has 45 heavy (non-hydrogen) atoms. The topological polar surface area (TPSA) is 114 Å². The van der Waals surface area contributed by atoms with E-state index in [-0.39, 0.29) is 25.0 Å². The number of nitrogens with one attached hydrogen (secondary N) is 2. The molecule has 1 aliphatic heterocycles. The molecule has 9 nitrogen and oxygen atoms in total. The first-order valence-electron chi connectivity index (χ1n) is 15.3. The summed E-state index contributed by atoms with van der Waals surface area (Å²) < 4.78 is 10.8. The molecule has 0 bridgehead atoms. The van der Waals surface area contributed by atoms with Crippen LogP contribution in [0.25, 0.3) is 0 Å². The molecule has 4 rings (SSSR count). The van der Waals surface area contributed by atoms with Crippen LogP contribution in [0.5, 0.6) is 5.75 Å². The van der Waals surface area contributed by atoms with E-state index in [9.17, 15) is 19.2 Å². The molecule has 1 atom stereocenters. The molecule has 1 aliphatic rings. The number of hydrogen-bond acceptors (Lipinski definition) is 6. The quantitative estimate of drug-likeness (QED) is 0.211. The van der Waals surface area contributed by atoms with E-state index in [0.29, 0.717) is 36.4 Å². The Labute approximate surface area is 265 Å². The van der Waals surface area contributed by atoms with Crippen LogP contribution >= 0.6 is 0 Å². The molecule has 0 aliphatic carbocycles. The van der Waals surface area contributed by atoms with E-state index < -0.39 is 23.5 Å². The molecule has 3 amide bonds. The van der Waals surface area contributed by atoms with E-state index in [2.05, 4.69) is 10.6 Å². The predicted molar refractivity (Wildman–Crippen MR) is 173 cm³/mol. The molecular formula is C36H43N3O6. The number of ether oxygens (including phenoxy) is 2. The van der Waals surface area contributed by atoms with Crippen molar-refractivity contribution in [2.24, 2.45) is 5.41 Å². The second-order valence-electron chi connectivity index (χ2n) is 12.2. The summed E-state index contributed by atoms with van der Waals surface area (Å²) in [7, 11) is 0. The molecule has 238 valence electrons. The minimum atomic E-state index is -0.884. The van der Waals surface area contributed by atoms with Gasteiger partial charge in [-0.3, -0.25) is 14.4 Å². The van der Waals surface area contributed by atoms with Crippen LogP contribution in [0.1, 0.15) is 79.1 Å². The molecular weight excluding hydrogens is 570 g/mol. The van der Waals surface area contributed by atoms with Gasteiger partial charge in [-0.1, -0.05) is 69.3 Å². The highest BCUT2D eigenvalue weighted by Crippen LogP contribution is 2.37. The van der Waals surface area contributed by atoms with Gasteiger partial charge < -0.3 is 25.0 Å². The average Bonchev–Trinajstić information content (AvgIpc) is 3.02. The Morgan fingerprint density at radius 1 is 0.956 bits per heavy atom. The summed E-state index contributed by atoms with van der Waals surface area (Å²) in [5, 5.41) is 5.86. The van der Waals surface area contributed by atoms with Gasteiger partial charge in [0.15, 0.2) is 0 Å². The number of amides is 3. The molecule has 1 unspecified atom stereocenters. The van der Waals surface area contributed by atoms with Crippen molar-refractivity contribution in [2.75, 3.05) is 11.9 Å². The van der Waals surface area contributed by atoms with Crippen molar-refractivity contribution in [3.05, 3.63) is 93.5 Å². The van der Waals surface area contributed by atoms with Crippen LogP contribution in [-0.4, -0.2) is 35.3 Å². The highest BCUT2D eigenvalue weighted by Gasteiger charge is 2.41. The Kier molecular flexibility index (Phi) is 10.3. The second-order valence-corrected chi connectivity index (χ2v) is 12.2. The molecule has 2 N–H and O–H groups in total. The van der Waals surface area contributed by atoms with Gasteiger partial charge in [0.05, 0.1) is 0 Å². The van der Waals surface area contributed by atoms with Gasteiger partial charge in [-0.15, -0.1) is 0 Å². The first-order valence-corrected chi connectivity index (χ1v) is 15.3. The van der Waals surface area contributed by atoms with Crippen LogP contribution in [0.15, 0.2) is 54.6 Å². The van der Waals surface area contributed by atoms with Gasteiger partial charge in [-0.2, -0.15) is 0 Å². The van der Waals surface area contributed by atoms with Gasteiger partial charge in [0.25, 0.3) is 5.91 Å². The maximum Gasteiger partial charge on any atom is 0.407 e. The zero-order valence-electron chi connectivity index (χ0n) is 27.2. The monoisotopic (exact) mass is 613 g/mol. The summed E-state index contributed by atoms with van der Waals surface area (Å²) in [6.07, 6.45) is 0.672. The average molecular weight is 614 g/mol. The number of anilines is 1. The highest BCUT2D eigenvalue weighted by molar-refractivity contribution is 6.00. The predicted octanol–water partition coefficient (Wildman–Crippen LogP) is 6.46. The van der Waals surface area contributed by atoms with Crippen molar-refractivity contribution >= 4 is 29.6 Å². The van der Waals surface area contributed by atoms with Crippen LogP contribution in [0.2, 0.25) is 0 Å². The number of rotatable bonds is 9. The standard InChI is InChI=1S/C36H43N3O6/c1-8-36(6,7)34(42)39-17-16-28-15-14-27(20-37-35(43)44-21-26-12-10-9-11-13-26)19-29(28)31(39)33(41)38-30-18-22(2)32(45-25(5)40)24(4)23(30)3/h9-15,18-19,31H,8,16-17,20-21H2,1-7H3,(H,37,43)(H,38,41). The van der Waals surface area contributed by atoms with Crippen LogP contribution < -0.4 is 15.4 Å². The Bertz CT molecular complexity index is 1600. The molecule has 9 heteroatoms. The summed E-state index contributed by atoms with van der Waals surface area (Å²) >= 11 is 0. The lowest BCUT2D eigenvalue weighted by Gasteiger charge is -2.40. The van der Waals surface area contributed by atoms with Gasteiger partial charge in [0.2, 0.25) is 5.91 Å². The number of alkyl carbamates (subject to hydrolysis) is 1. The Morgan fingerprint density at radius 2 is 1.67 bits per heavy atom. The van der Waals surface area contributed by atoms with Crippen molar-refractivity contribution in [3.63, 3.8) is 0 Å². The molecule has 3 aromatic carbocycles. The van der Waals surface area contributed by atoms with Crippen molar-refractivity contribution in [3.8, 4) is 5.75 Å². The fourth-order valence-corrected chi connectivity index (χ4v) is 5.45. The first-order chi connectivity index (χ1) is 21.3. The number of nitrogens with zero attached hydrogens (tertiary/aromatic N) is 1. The zero-order chi connectivity index (χ0) is 32.9. The van der Waals surface area contributed by atoms with Gasteiger partial charge in [0.1, 0.15) is 18.4 Å². The minimum absolute atomic E-state index is 0.0990. The molecule has 1 heterocycles. The fourth-order valence-electron chi connectivity index (χ4n) is 5.45. The summed E-state index contributed by atoms with van der Waals surface area (Å²) in [5.41, 5.74) is 5.50. The number of fused-ring (bicyclic) bond motifs is 1. The van der Waals surface area contributed by atoms with Crippen LogP contribution in [0, 0.1) is 26.2 Å². The number of aryl methyl sites for hydroxylation is 1. The molecule has 0 saturated heterocycles. The Morgan fingerprint density at radius 3 is 2.33 bits per heavy atom. The van der Waals surface area contributed by atoms with Crippen molar-refractivity contribution in [1.29, 1.82) is 0 Å². The maximum absolute atomic E-state index is 14.2. The number of hydrogen-bond donors (Lipinski definition) is 2. The van der Waals surface area contributed by atoms with Crippen molar-refractivity contribution in [2.45, 2.75) is 80.5 Å². The Hall–Kier alpha value is -4.66. The van der Waals surface area contributed by atoms with E-state index in [0.717, 1.165) is 33.4 Å². The van der Waals surface area contributed by atoms with Crippen LogP contribution in [0.3, 0.4) is 0 Å². The van der Waals surface area contributed by atoms with Gasteiger partial charge in [-0.05, 0) is 78.6 Å². The largest absolute Gasteiger partial charge is 0.445 e. The van der Waals surface area contributed by atoms with E-state index in [1.807, 2.05) is 90.1 Å². The van der Waals surface area contributed by atoms with Gasteiger partial charge in [0, 0.05) is 31.1 Å². The third-order valence-corrected chi connectivity index (χ3v) is 8.59.